The largest absolute Gasteiger partial charge is 0.511 e. The van der Waals surface area contributed by atoms with Gasteiger partial charge in [0.1, 0.15) is 12.4 Å². The van der Waals surface area contributed by atoms with Gasteiger partial charge in [0.2, 0.25) is 0 Å². The van der Waals surface area contributed by atoms with Crippen LogP contribution in [-0.4, -0.2) is 38.4 Å². The fourth-order valence-electron chi connectivity index (χ4n) is 2.81. The highest BCUT2D eigenvalue weighted by atomic mass is 35.5. The fraction of sp³-hybridized carbons (Fsp3) is 0.647. The number of allylic oxidation sites excluding steroid dienone is 2. The number of hydrogen-bond donors (Lipinski definition) is 1. The minimum Gasteiger partial charge on any atom is -0.511 e. The number of rotatable bonds is 9. The summed E-state index contributed by atoms with van der Waals surface area (Å²) in [5, 5.41) is 14.3. The molecule has 0 amide bonds. The average molecular weight is 376 g/mol. The van der Waals surface area contributed by atoms with E-state index in [2.05, 4.69) is 5.16 Å². The van der Waals surface area contributed by atoms with Crippen LogP contribution >= 0.6 is 11.6 Å². The SMILES string of the molecule is CC/C(=N/OC/C=C/Cl)C1=C(O)CC(CC(C)S(=O)CC)CC1=O. The molecule has 0 radical (unpaired) electrons. The van der Waals surface area contributed by atoms with Crippen LogP contribution in [0, 0.1) is 5.92 Å². The maximum atomic E-state index is 12.5. The van der Waals surface area contributed by atoms with E-state index in [0.717, 1.165) is 0 Å². The average Bonchev–Trinajstić information content (AvgIpc) is 2.55. The summed E-state index contributed by atoms with van der Waals surface area (Å²) in [6.07, 6.45) is 3.48. The summed E-state index contributed by atoms with van der Waals surface area (Å²) < 4.78 is 11.8. The summed E-state index contributed by atoms with van der Waals surface area (Å²) in [4.78, 5) is 17.6. The molecule has 0 heterocycles. The van der Waals surface area contributed by atoms with Gasteiger partial charge < -0.3 is 9.94 Å². The van der Waals surface area contributed by atoms with Crippen molar-refractivity contribution < 1.29 is 18.9 Å². The number of carbonyl (C=O) groups is 1. The second-order valence-electron chi connectivity index (χ2n) is 5.78. The van der Waals surface area contributed by atoms with Crippen molar-refractivity contribution in [1.29, 1.82) is 0 Å². The lowest BCUT2D eigenvalue weighted by Gasteiger charge is -2.25. The van der Waals surface area contributed by atoms with E-state index in [0.29, 0.717) is 37.1 Å². The first-order valence-corrected chi connectivity index (χ1v) is 10.0. The Bertz CT molecular complexity index is 557. The van der Waals surface area contributed by atoms with Crippen molar-refractivity contribution in [1.82, 2.24) is 0 Å². The molecule has 3 unspecified atom stereocenters. The monoisotopic (exact) mass is 375 g/mol. The third-order valence-electron chi connectivity index (χ3n) is 3.98. The zero-order valence-electron chi connectivity index (χ0n) is 14.5. The van der Waals surface area contributed by atoms with Gasteiger partial charge in [0.25, 0.3) is 0 Å². The van der Waals surface area contributed by atoms with Gasteiger partial charge in [-0.05, 0) is 24.8 Å². The van der Waals surface area contributed by atoms with Crippen molar-refractivity contribution in [3.05, 3.63) is 22.9 Å². The zero-order chi connectivity index (χ0) is 18.1. The van der Waals surface area contributed by atoms with E-state index in [-0.39, 0.29) is 34.9 Å². The van der Waals surface area contributed by atoms with Crippen molar-refractivity contribution in [3.63, 3.8) is 0 Å². The Labute approximate surface area is 151 Å². The molecular formula is C17H26ClNO4S. The quantitative estimate of drug-likeness (QED) is 0.377. The van der Waals surface area contributed by atoms with Crippen molar-refractivity contribution in [2.45, 2.75) is 51.7 Å². The molecule has 0 aliphatic heterocycles. The Morgan fingerprint density at radius 3 is 2.75 bits per heavy atom. The molecule has 0 fully saturated rings. The van der Waals surface area contributed by atoms with E-state index >= 15 is 0 Å². The van der Waals surface area contributed by atoms with Crippen LogP contribution in [0.3, 0.4) is 0 Å². The summed E-state index contributed by atoms with van der Waals surface area (Å²) >= 11 is 5.40. The maximum Gasteiger partial charge on any atom is 0.168 e. The Kier molecular flexibility index (Phi) is 9.29. The fourth-order valence-corrected chi connectivity index (χ4v) is 3.94. The van der Waals surface area contributed by atoms with Gasteiger partial charge in [-0.15, -0.1) is 0 Å². The minimum atomic E-state index is -0.891. The summed E-state index contributed by atoms with van der Waals surface area (Å²) in [5.41, 5.74) is 2.05. The van der Waals surface area contributed by atoms with Crippen LogP contribution in [0.25, 0.3) is 0 Å². The molecule has 3 atom stereocenters. The summed E-state index contributed by atoms with van der Waals surface area (Å²) in [6, 6.07) is 0. The van der Waals surface area contributed by atoms with Crippen molar-refractivity contribution >= 4 is 33.9 Å². The first-order chi connectivity index (χ1) is 11.4. The molecule has 7 heteroatoms. The van der Waals surface area contributed by atoms with Gasteiger partial charge in [0, 0.05) is 40.2 Å². The molecule has 0 bridgehead atoms. The topological polar surface area (TPSA) is 76.0 Å². The van der Waals surface area contributed by atoms with Crippen LogP contribution in [0.15, 0.2) is 28.1 Å². The highest BCUT2D eigenvalue weighted by Gasteiger charge is 2.31. The number of hydrogen-bond acceptors (Lipinski definition) is 5. The Hall–Kier alpha value is -1.14. The maximum absolute atomic E-state index is 12.5. The highest BCUT2D eigenvalue weighted by Crippen LogP contribution is 2.31. The number of halogens is 1. The Morgan fingerprint density at radius 1 is 1.50 bits per heavy atom. The van der Waals surface area contributed by atoms with Gasteiger partial charge in [0.05, 0.1) is 11.3 Å². The van der Waals surface area contributed by atoms with Crippen molar-refractivity contribution in [2.75, 3.05) is 12.4 Å². The van der Waals surface area contributed by atoms with E-state index in [1.807, 2.05) is 20.8 Å². The van der Waals surface area contributed by atoms with Crippen molar-refractivity contribution in [3.8, 4) is 0 Å². The van der Waals surface area contributed by atoms with E-state index in [1.165, 1.54) is 5.54 Å². The molecule has 0 spiro atoms. The first kappa shape index (κ1) is 20.9. The van der Waals surface area contributed by atoms with Gasteiger partial charge in [-0.3, -0.25) is 9.00 Å². The van der Waals surface area contributed by atoms with Crippen LogP contribution in [0.4, 0.5) is 0 Å². The molecule has 136 valence electrons. The molecule has 0 aromatic carbocycles. The van der Waals surface area contributed by atoms with E-state index in [4.69, 9.17) is 16.4 Å². The molecule has 0 aromatic heterocycles. The second-order valence-corrected chi connectivity index (χ2v) is 8.18. The van der Waals surface area contributed by atoms with Crippen LogP contribution in [0.5, 0.6) is 0 Å². The number of carbonyl (C=O) groups excluding carboxylic acids is 1. The molecule has 5 nitrogen and oxygen atoms in total. The smallest absolute Gasteiger partial charge is 0.168 e. The molecule has 0 saturated carbocycles. The predicted molar refractivity (Wildman–Crippen MR) is 98.8 cm³/mol. The minimum absolute atomic E-state index is 0.0185. The van der Waals surface area contributed by atoms with Gasteiger partial charge in [-0.2, -0.15) is 0 Å². The first-order valence-electron chi connectivity index (χ1n) is 8.21. The summed E-state index contributed by atoms with van der Waals surface area (Å²) in [6.45, 7) is 5.87. The van der Waals surface area contributed by atoms with Crippen LogP contribution in [0.1, 0.15) is 46.5 Å². The van der Waals surface area contributed by atoms with Gasteiger partial charge in [0.15, 0.2) is 5.78 Å². The predicted octanol–water partition coefficient (Wildman–Crippen LogP) is 3.86. The molecule has 1 N–H and O–H groups in total. The number of oxime groups is 1. The number of aliphatic hydroxyl groups is 1. The lowest BCUT2D eigenvalue weighted by atomic mass is 9.82. The summed E-state index contributed by atoms with van der Waals surface area (Å²) in [7, 11) is -0.891. The zero-order valence-corrected chi connectivity index (χ0v) is 16.0. The molecule has 0 aromatic rings. The van der Waals surface area contributed by atoms with Crippen molar-refractivity contribution in [2.24, 2.45) is 11.1 Å². The van der Waals surface area contributed by atoms with E-state index in [1.54, 1.807) is 6.08 Å². The third-order valence-corrected chi connectivity index (χ3v) is 5.82. The van der Waals surface area contributed by atoms with Crippen LogP contribution in [-0.2, 0) is 20.4 Å². The lowest BCUT2D eigenvalue weighted by molar-refractivity contribution is -0.116. The Morgan fingerprint density at radius 2 is 2.21 bits per heavy atom. The molecule has 24 heavy (non-hydrogen) atoms. The number of Topliss-reactive ketones (excluding diaryl/α,β-unsaturated/α-hetero) is 1. The lowest BCUT2D eigenvalue weighted by Crippen LogP contribution is -2.27. The molecule has 1 aliphatic rings. The van der Waals surface area contributed by atoms with Gasteiger partial charge >= 0.3 is 0 Å². The standard InChI is InChI=1S/C17H26ClNO4S/c1-4-14(19-23-8-6-7-18)17-15(20)10-13(11-16(17)21)9-12(3)24(22)5-2/h6-7,12-13,20H,4-5,8-11H2,1-3H3/b7-6+,19-14-. The van der Waals surface area contributed by atoms with Crippen LogP contribution in [0.2, 0.25) is 0 Å². The van der Waals surface area contributed by atoms with Gasteiger partial charge in [-0.25, -0.2) is 0 Å². The number of nitrogens with zero attached hydrogens (tertiary/aromatic N) is 1. The third kappa shape index (κ3) is 6.06. The normalized spacial score (nSPS) is 22.1. The van der Waals surface area contributed by atoms with Crippen LogP contribution < -0.4 is 0 Å². The summed E-state index contributed by atoms with van der Waals surface area (Å²) in [5.74, 6) is 0.554. The second kappa shape index (κ2) is 10.7. The van der Waals surface area contributed by atoms with E-state index < -0.39 is 10.8 Å². The molecule has 1 rings (SSSR count). The number of ketones is 1. The van der Waals surface area contributed by atoms with E-state index in [9.17, 15) is 14.1 Å². The molecule has 1 aliphatic carbocycles. The molecular weight excluding hydrogens is 350 g/mol. The van der Waals surface area contributed by atoms with Gasteiger partial charge in [-0.1, -0.05) is 37.5 Å². The number of aliphatic hydroxyl groups excluding tert-OH is 1. The highest BCUT2D eigenvalue weighted by molar-refractivity contribution is 7.85. The Balaban J connectivity index is 2.84. The molecule has 0 saturated heterocycles.